The number of hydrogen-bond acceptors (Lipinski definition) is 5. The molecule has 1 aromatic carbocycles. The molecule has 0 radical (unpaired) electrons. The summed E-state index contributed by atoms with van der Waals surface area (Å²) in [4.78, 5) is 9.72. The number of piperidine rings is 2. The lowest BCUT2D eigenvalue weighted by atomic mass is 9.93. The van der Waals surface area contributed by atoms with Gasteiger partial charge in [0, 0.05) is 30.7 Å². The molecule has 2 aliphatic rings. The number of methoxy groups -OCH3 is 1. The number of nitrogens with zero attached hydrogens (tertiary/aromatic N) is 4. The van der Waals surface area contributed by atoms with Gasteiger partial charge in [-0.2, -0.15) is 5.10 Å². The van der Waals surface area contributed by atoms with Gasteiger partial charge < -0.3 is 14.5 Å². The van der Waals surface area contributed by atoms with Crippen molar-refractivity contribution in [2.75, 3.05) is 38.2 Å². The Labute approximate surface area is 155 Å². The van der Waals surface area contributed by atoms with Crippen LogP contribution in [0, 0.1) is 6.92 Å². The van der Waals surface area contributed by atoms with Gasteiger partial charge in [-0.15, -0.1) is 0 Å². The van der Waals surface area contributed by atoms with E-state index in [1.807, 2.05) is 6.92 Å². The molecule has 0 spiro atoms. The molecule has 0 aliphatic carbocycles. The number of aryl methyl sites for hydroxylation is 1. The lowest BCUT2D eigenvalue weighted by Crippen LogP contribution is -2.47. The Morgan fingerprint density at radius 2 is 1.69 bits per heavy atom. The Hall–Kier alpha value is -2.08. The zero-order valence-corrected chi connectivity index (χ0v) is 15.8. The number of rotatable bonds is 4. The van der Waals surface area contributed by atoms with E-state index in [2.05, 4.69) is 49.2 Å². The van der Waals surface area contributed by atoms with Crippen molar-refractivity contribution < 1.29 is 4.74 Å². The summed E-state index contributed by atoms with van der Waals surface area (Å²) in [5.41, 5.74) is 1.31. The van der Waals surface area contributed by atoms with E-state index in [4.69, 9.17) is 4.74 Å². The highest BCUT2D eigenvalue weighted by atomic mass is 16.5. The molecule has 4 rings (SSSR count). The highest BCUT2D eigenvalue weighted by Crippen LogP contribution is 2.30. The zero-order chi connectivity index (χ0) is 17.9. The first-order chi connectivity index (χ1) is 12.7. The van der Waals surface area contributed by atoms with Crippen molar-refractivity contribution >= 4 is 5.69 Å². The Bertz CT molecular complexity index is 697. The summed E-state index contributed by atoms with van der Waals surface area (Å²) < 4.78 is 5.26. The second-order valence-electron chi connectivity index (χ2n) is 7.51. The normalized spacial score (nSPS) is 20.5. The molecule has 0 saturated carbocycles. The SMILES string of the molecule is COc1ccc(N2CCC(N3CCC(c4n[nH]c(C)n4)CC3)CC2)cc1. The maximum Gasteiger partial charge on any atom is 0.153 e. The van der Waals surface area contributed by atoms with Crippen LogP contribution >= 0.6 is 0 Å². The molecule has 0 bridgehead atoms. The number of anilines is 1. The maximum absolute atomic E-state index is 5.26. The van der Waals surface area contributed by atoms with Gasteiger partial charge in [0.2, 0.25) is 0 Å². The van der Waals surface area contributed by atoms with E-state index in [9.17, 15) is 0 Å². The topological polar surface area (TPSA) is 57.3 Å². The summed E-state index contributed by atoms with van der Waals surface area (Å²) in [5.74, 6) is 3.38. The fraction of sp³-hybridized carbons (Fsp3) is 0.600. The quantitative estimate of drug-likeness (QED) is 0.914. The van der Waals surface area contributed by atoms with Crippen LogP contribution < -0.4 is 9.64 Å². The average molecular weight is 355 g/mol. The molecule has 26 heavy (non-hydrogen) atoms. The van der Waals surface area contributed by atoms with E-state index >= 15 is 0 Å². The fourth-order valence-corrected chi connectivity index (χ4v) is 4.35. The molecule has 2 aliphatic heterocycles. The molecule has 2 aromatic rings. The molecule has 1 aromatic heterocycles. The highest BCUT2D eigenvalue weighted by Gasteiger charge is 2.30. The lowest BCUT2D eigenvalue weighted by molar-refractivity contribution is 0.130. The number of ether oxygens (including phenoxy) is 1. The van der Waals surface area contributed by atoms with E-state index < -0.39 is 0 Å². The van der Waals surface area contributed by atoms with Crippen molar-refractivity contribution in [3.05, 3.63) is 35.9 Å². The van der Waals surface area contributed by atoms with Crippen LogP contribution in [0.2, 0.25) is 0 Å². The molecule has 0 unspecified atom stereocenters. The van der Waals surface area contributed by atoms with E-state index in [-0.39, 0.29) is 0 Å². The largest absolute Gasteiger partial charge is 0.497 e. The predicted octanol–water partition coefficient (Wildman–Crippen LogP) is 2.97. The summed E-state index contributed by atoms with van der Waals surface area (Å²) in [6, 6.07) is 9.17. The third-order valence-corrected chi connectivity index (χ3v) is 5.93. The molecule has 1 N–H and O–H groups in total. The molecule has 3 heterocycles. The van der Waals surface area contributed by atoms with Crippen molar-refractivity contribution in [3.8, 4) is 5.75 Å². The Balaban J connectivity index is 1.27. The van der Waals surface area contributed by atoms with Crippen molar-refractivity contribution in [3.63, 3.8) is 0 Å². The predicted molar refractivity (Wildman–Crippen MR) is 103 cm³/mol. The second-order valence-corrected chi connectivity index (χ2v) is 7.51. The number of H-pyrrole nitrogens is 1. The van der Waals surface area contributed by atoms with Crippen LogP contribution in [-0.4, -0.2) is 59.4 Å². The zero-order valence-electron chi connectivity index (χ0n) is 15.8. The Morgan fingerprint density at radius 1 is 1.00 bits per heavy atom. The minimum atomic E-state index is 0.524. The molecular formula is C20H29N5O. The number of benzene rings is 1. The number of aromatic amines is 1. The number of aromatic nitrogens is 3. The molecule has 0 amide bonds. The number of hydrogen-bond donors (Lipinski definition) is 1. The van der Waals surface area contributed by atoms with Gasteiger partial charge in [0.15, 0.2) is 5.82 Å². The van der Waals surface area contributed by atoms with Gasteiger partial charge >= 0.3 is 0 Å². The number of nitrogens with one attached hydrogen (secondary N) is 1. The number of likely N-dealkylation sites (tertiary alicyclic amines) is 1. The molecule has 2 saturated heterocycles. The summed E-state index contributed by atoms with van der Waals surface area (Å²) >= 11 is 0. The van der Waals surface area contributed by atoms with Gasteiger partial charge in [0.05, 0.1) is 7.11 Å². The van der Waals surface area contributed by atoms with Gasteiger partial charge in [0.25, 0.3) is 0 Å². The summed E-state index contributed by atoms with van der Waals surface area (Å²) in [6.45, 7) is 6.59. The minimum absolute atomic E-state index is 0.524. The van der Waals surface area contributed by atoms with Gasteiger partial charge in [-0.1, -0.05) is 0 Å². The molecule has 2 fully saturated rings. The smallest absolute Gasteiger partial charge is 0.153 e. The summed E-state index contributed by atoms with van der Waals surface area (Å²) in [5, 5.41) is 7.34. The van der Waals surface area contributed by atoms with Crippen molar-refractivity contribution in [2.24, 2.45) is 0 Å². The minimum Gasteiger partial charge on any atom is -0.497 e. The van der Waals surface area contributed by atoms with E-state index in [1.165, 1.54) is 44.5 Å². The van der Waals surface area contributed by atoms with E-state index in [0.29, 0.717) is 5.92 Å². The van der Waals surface area contributed by atoms with Crippen LogP contribution in [0.3, 0.4) is 0 Å². The van der Waals surface area contributed by atoms with Crippen LogP contribution in [0.1, 0.15) is 43.3 Å². The maximum atomic E-state index is 5.26. The van der Waals surface area contributed by atoms with Gasteiger partial charge in [-0.05, 0) is 70.0 Å². The summed E-state index contributed by atoms with van der Waals surface area (Å²) in [6.07, 6.45) is 4.85. The van der Waals surface area contributed by atoms with Gasteiger partial charge in [0.1, 0.15) is 11.6 Å². The van der Waals surface area contributed by atoms with Crippen LogP contribution in [-0.2, 0) is 0 Å². The first-order valence-corrected chi connectivity index (χ1v) is 9.75. The Morgan fingerprint density at radius 3 is 2.27 bits per heavy atom. The van der Waals surface area contributed by atoms with Crippen LogP contribution in [0.15, 0.2) is 24.3 Å². The molecular weight excluding hydrogens is 326 g/mol. The first kappa shape index (κ1) is 17.3. The highest BCUT2D eigenvalue weighted by molar-refractivity contribution is 5.49. The first-order valence-electron chi connectivity index (χ1n) is 9.75. The van der Waals surface area contributed by atoms with Crippen molar-refractivity contribution in [1.29, 1.82) is 0 Å². The molecule has 6 heteroatoms. The second kappa shape index (κ2) is 7.66. The van der Waals surface area contributed by atoms with Crippen LogP contribution in [0.25, 0.3) is 0 Å². The third-order valence-electron chi connectivity index (χ3n) is 5.93. The van der Waals surface area contributed by atoms with Crippen LogP contribution in [0.5, 0.6) is 5.75 Å². The van der Waals surface area contributed by atoms with Crippen molar-refractivity contribution in [2.45, 2.75) is 44.6 Å². The van der Waals surface area contributed by atoms with Crippen LogP contribution in [0.4, 0.5) is 5.69 Å². The van der Waals surface area contributed by atoms with E-state index in [0.717, 1.165) is 36.5 Å². The molecule has 140 valence electrons. The third kappa shape index (κ3) is 3.70. The molecule has 6 nitrogen and oxygen atoms in total. The van der Waals surface area contributed by atoms with Crippen molar-refractivity contribution in [1.82, 2.24) is 20.1 Å². The van der Waals surface area contributed by atoms with E-state index in [1.54, 1.807) is 7.11 Å². The van der Waals surface area contributed by atoms with Gasteiger partial charge in [-0.25, -0.2) is 4.98 Å². The fourth-order valence-electron chi connectivity index (χ4n) is 4.35. The average Bonchev–Trinajstić information content (AvgIpc) is 3.15. The molecule has 0 atom stereocenters. The standard InChI is InChI=1S/C20H29N5O/c1-15-21-20(23-22-15)16-7-11-24(12-8-16)18-9-13-25(14-10-18)17-3-5-19(26-2)6-4-17/h3-6,16,18H,7-14H2,1-2H3,(H,21,22,23). The Kier molecular flexibility index (Phi) is 5.11. The lowest BCUT2D eigenvalue weighted by Gasteiger charge is -2.42. The monoisotopic (exact) mass is 355 g/mol. The van der Waals surface area contributed by atoms with Gasteiger partial charge in [-0.3, -0.25) is 5.10 Å². The summed E-state index contributed by atoms with van der Waals surface area (Å²) in [7, 11) is 1.72.